The molecule has 0 aliphatic carbocycles. The molecular weight excluding hydrogens is 180 g/mol. The van der Waals surface area contributed by atoms with Crippen LogP contribution in [0.5, 0.6) is 0 Å². The van der Waals surface area contributed by atoms with E-state index < -0.39 is 0 Å². The van der Waals surface area contributed by atoms with E-state index in [0.717, 1.165) is 12.0 Å². The van der Waals surface area contributed by atoms with Crippen molar-refractivity contribution in [2.45, 2.75) is 6.42 Å². The SMILES string of the molecule is C=CCC(=C(C=C)C=C)c1ccccc1. The first-order valence-corrected chi connectivity index (χ1v) is 4.97. The first kappa shape index (κ1) is 11.3. The second kappa shape index (κ2) is 5.82. The van der Waals surface area contributed by atoms with Gasteiger partial charge in [-0.1, -0.05) is 61.7 Å². The van der Waals surface area contributed by atoms with Gasteiger partial charge < -0.3 is 0 Å². The van der Waals surface area contributed by atoms with Gasteiger partial charge in [-0.25, -0.2) is 0 Å². The van der Waals surface area contributed by atoms with E-state index in [9.17, 15) is 0 Å². The van der Waals surface area contributed by atoms with E-state index in [1.807, 2.05) is 36.4 Å². The Morgan fingerprint density at radius 3 is 2.07 bits per heavy atom. The number of allylic oxidation sites excluding steroid dienone is 5. The maximum Gasteiger partial charge on any atom is -0.00882 e. The van der Waals surface area contributed by atoms with Crippen molar-refractivity contribution in [3.8, 4) is 0 Å². The number of hydrogen-bond donors (Lipinski definition) is 0. The minimum atomic E-state index is 0.831. The van der Waals surface area contributed by atoms with Crippen LogP contribution in [-0.2, 0) is 0 Å². The fraction of sp³-hybridized carbons (Fsp3) is 0.0667. The molecule has 0 aliphatic rings. The molecular formula is C15H16. The van der Waals surface area contributed by atoms with Crippen LogP contribution in [0.15, 0.2) is 73.9 Å². The predicted molar refractivity (Wildman–Crippen MR) is 68.6 cm³/mol. The summed E-state index contributed by atoms with van der Waals surface area (Å²) in [6, 6.07) is 10.2. The molecule has 0 heterocycles. The van der Waals surface area contributed by atoms with Crippen molar-refractivity contribution < 1.29 is 0 Å². The third-order valence-corrected chi connectivity index (χ3v) is 2.26. The maximum absolute atomic E-state index is 3.80. The fourth-order valence-corrected chi connectivity index (χ4v) is 1.52. The zero-order chi connectivity index (χ0) is 11.1. The first-order valence-electron chi connectivity index (χ1n) is 4.97. The topological polar surface area (TPSA) is 0 Å². The Hall–Kier alpha value is -1.82. The molecule has 0 spiro atoms. The molecule has 1 aromatic rings. The van der Waals surface area contributed by atoms with Gasteiger partial charge >= 0.3 is 0 Å². The van der Waals surface area contributed by atoms with Crippen LogP contribution in [0.25, 0.3) is 5.57 Å². The molecule has 0 radical (unpaired) electrons. The monoisotopic (exact) mass is 196 g/mol. The standard InChI is InChI=1S/C15H16/c1-4-10-15(13(5-2)6-3)14-11-8-7-9-12-14/h4-9,11-12H,1-3,10H2. The summed E-state index contributed by atoms with van der Waals surface area (Å²) in [4.78, 5) is 0. The van der Waals surface area contributed by atoms with Crippen LogP contribution >= 0.6 is 0 Å². The van der Waals surface area contributed by atoms with E-state index in [1.165, 1.54) is 11.1 Å². The summed E-state index contributed by atoms with van der Waals surface area (Å²) in [6.07, 6.45) is 6.39. The summed E-state index contributed by atoms with van der Waals surface area (Å²) in [5, 5.41) is 0. The van der Waals surface area contributed by atoms with E-state index in [-0.39, 0.29) is 0 Å². The lowest BCUT2D eigenvalue weighted by molar-refractivity contribution is 1.37. The van der Waals surface area contributed by atoms with E-state index in [0.29, 0.717) is 0 Å². The van der Waals surface area contributed by atoms with Gasteiger partial charge in [-0.15, -0.1) is 6.58 Å². The highest BCUT2D eigenvalue weighted by molar-refractivity contribution is 5.73. The Morgan fingerprint density at radius 1 is 1.00 bits per heavy atom. The third-order valence-electron chi connectivity index (χ3n) is 2.26. The smallest absolute Gasteiger partial charge is 0.00882 e. The van der Waals surface area contributed by atoms with Crippen molar-refractivity contribution in [2.24, 2.45) is 0 Å². The van der Waals surface area contributed by atoms with Gasteiger partial charge in [0.1, 0.15) is 0 Å². The van der Waals surface area contributed by atoms with Crippen LogP contribution in [0.1, 0.15) is 12.0 Å². The van der Waals surface area contributed by atoms with Crippen molar-refractivity contribution in [2.75, 3.05) is 0 Å². The second-order valence-electron chi connectivity index (χ2n) is 3.20. The van der Waals surface area contributed by atoms with Gasteiger partial charge in [0.2, 0.25) is 0 Å². The lowest BCUT2D eigenvalue weighted by Gasteiger charge is -2.08. The number of rotatable bonds is 5. The minimum Gasteiger partial charge on any atom is -0.103 e. The van der Waals surface area contributed by atoms with E-state index in [2.05, 4.69) is 31.9 Å². The van der Waals surface area contributed by atoms with Crippen molar-refractivity contribution >= 4 is 5.57 Å². The average Bonchev–Trinajstić information content (AvgIpc) is 2.30. The summed E-state index contributed by atoms with van der Waals surface area (Å²) in [6.45, 7) is 11.4. The van der Waals surface area contributed by atoms with Crippen LogP contribution in [-0.4, -0.2) is 0 Å². The van der Waals surface area contributed by atoms with Crippen LogP contribution in [0, 0.1) is 0 Å². The zero-order valence-corrected chi connectivity index (χ0v) is 8.95. The highest BCUT2D eigenvalue weighted by Gasteiger charge is 2.02. The fourth-order valence-electron chi connectivity index (χ4n) is 1.52. The van der Waals surface area contributed by atoms with Crippen LogP contribution in [0.2, 0.25) is 0 Å². The summed E-state index contributed by atoms with van der Waals surface area (Å²) in [7, 11) is 0. The lowest BCUT2D eigenvalue weighted by Crippen LogP contribution is -1.87. The molecule has 0 aromatic heterocycles. The summed E-state index contributed by atoms with van der Waals surface area (Å²) in [5.41, 5.74) is 3.49. The van der Waals surface area contributed by atoms with Crippen molar-refractivity contribution in [1.29, 1.82) is 0 Å². The Labute approximate surface area is 92.0 Å². The quantitative estimate of drug-likeness (QED) is 0.484. The summed E-state index contributed by atoms with van der Waals surface area (Å²) < 4.78 is 0. The van der Waals surface area contributed by atoms with Gasteiger partial charge in [0.25, 0.3) is 0 Å². The molecule has 0 heteroatoms. The Bertz CT molecular complexity index is 370. The summed E-state index contributed by atoms with van der Waals surface area (Å²) in [5.74, 6) is 0. The molecule has 76 valence electrons. The van der Waals surface area contributed by atoms with Crippen LogP contribution in [0.3, 0.4) is 0 Å². The third kappa shape index (κ3) is 2.81. The molecule has 15 heavy (non-hydrogen) atoms. The molecule has 0 atom stereocenters. The maximum atomic E-state index is 3.80. The van der Waals surface area contributed by atoms with E-state index in [1.54, 1.807) is 0 Å². The second-order valence-corrected chi connectivity index (χ2v) is 3.20. The van der Waals surface area contributed by atoms with Gasteiger partial charge in [0, 0.05) is 0 Å². The first-order chi connectivity index (χ1) is 7.33. The zero-order valence-electron chi connectivity index (χ0n) is 8.95. The lowest BCUT2D eigenvalue weighted by atomic mass is 9.97. The highest BCUT2D eigenvalue weighted by atomic mass is 14.1. The van der Waals surface area contributed by atoms with Gasteiger partial charge in [-0.2, -0.15) is 0 Å². The molecule has 0 nitrogen and oxygen atoms in total. The van der Waals surface area contributed by atoms with Crippen LogP contribution < -0.4 is 0 Å². The normalized spacial score (nSPS) is 9.07. The van der Waals surface area contributed by atoms with Gasteiger partial charge in [0.05, 0.1) is 0 Å². The average molecular weight is 196 g/mol. The molecule has 0 amide bonds. The van der Waals surface area contributed by atoms with Crippen molar-refractivity contribution in [3.05, 3.63) is 79.4 Å². The molecule has 0 N–H and O–H groups in total. The Morgan fingerprint density at radius 2 is 1.60 bits per heavy atom. The largest absolute Gasteiger partial charge is 0.103 e. The minimum absolute atomic E-state index is 0.831. The molecule has 0 aliphatic heterocycles. The van der Waals surface area contributed by atoms with E-state index >= 15 is 0 Å². The molecule has 1 aromatic carbocycles. The summed E-state index contributed by atoms with van der Waals surface area (Å²) >= 11 is 0. The van der Waals surface area contributed by atoms with Crippen molar-refractivity contribution in [3.63, 3.8) is 0 Å². The molecule has 0 saturated carbocycles. The van der Waals surface area contributed by atoms with Gasteiger partial charge in [0.15, 0.2) is 0 Å². The highest BCUT2D eigenvalue weighted by Crippen LogP contribution is 2.23. The van der Waals surface area contributed by atoms with Crippen LogP contribution in [0.4, 0.5) is 0 Å². The Kier molecular flexibility index (Phi) is 4.36. The number of hydrogen-bond acceptors (Lipinski definition) is 0. The predicted octanol–water partition coefficient (Wildman–Crippen LogP) is 4.39. The van der Waals surface area contributed by atoms with E-state index in [4.69, 9.17) is 0 Å². The van der Waals surface area contributed by atoms with Crippen molar-refractivity contribution in [1.82, 2.24) is 0 Å². The molecule has 1 rings (SSSR count). The molecule has 0 unspecified atom stereocenters. The van der Waals surface area contributed by atoms with Gasteiger partial charge in [-0.3, -0.25) is 0 Å². The Balaban J connectivity index is 3.24. The molecule has 0 bridgehead atoms. The molecule has 0 saturated heterocycles. The van der Waals surface area contributed by atoms with Gasteiger partial charge in [-0.05, 0) is 23.1 Å². The number of benzene rings is 1. The molecule has 0 fully saturated rings.